The predicted octanol–water partition coefficient (Wildman–Crippen LogP) is 3.91. The normalized spacial score (nSPS) is 15.9. The molecule has 0 aliphatic carbocycles. The summed E-state index contributed by atoms with van der Waals surface area (Å²) in [6.07, 6.45) is 0.318. The first-order valence-electron chi connectivity index (χ1n) is 6.69. The molecule has 2 aromatic rings. The SMILES string of the molecule is CC(CC(O)c1ccccc1)NC(C)c1cccs1. The van der Waals surface area contributed by atoms with E-state index in [0.29, 0.717) is 6.04 Å². The molecule has 0 spiro atoms. The zero-order chi connectivity index (χ0) is 13.7. The summed E-state index contributed by atoms with van der Waals surface area (Å²) in [5, 5.41) is 15.8. The van der Waals surface area contributed by atoms with E-state index in [2.05, 4.69) is 36.7 Å². The summed E-state index contributed by atoms with van der Waals surface area (Å²) in [5.41, 5.74) is 0.986. The number of rotatable bonds is 6. The lowest BCUT2D eigenvalue weighted by Crippen LogP contribution is -2.30. The fourth-order valence-corrected chi connectivity index (χ4v) is 3.00. The maximum absolute atomic E-state index is 10.2. The molecule has 0 saturated carbocycles. The van der Waals surface area contributed by atoms with Crippen LogP contribution < -0.4 is 5.32 Å². The number of hydrogen-bond donors (Lipinski definition) is 2. The van der Waals surface area contributed by atoms with E-state index >= 15 is 0 Å². The van der Waals surface area contributed by atoms with Gasteiger partial charge in [0.05, 0.1) is 6.10 Å². The van der Waals surface area contributed by atoms with E-state index in [0.717, 1.165) is 12.0 Å². The number of thiophene rings is 1. The predicted molar refractivity (Wildman–Crippen MR) is 81.4 cm³/mol. The first-order valence-corrected chi connectivity index (χ1v) is 7.57. The minimum atomic E-state index is -0.403. The van der Waals surface area contributed by atoms with E-state index in [1.54, 1.807) is 11.3 Å². The minimum Gasteiger partial charge on any atom is -0.388 e. The molecule has 2 N–H and O–H groups in total. The number of hydrogen-bond acceptors (Lipinski definition) is 3. The molecule has 0 aliphatic rings. The molecule has 0 fully saturated rings. The number of aliphatic hydroxyl groups is 1. The van der Waals surface area contributed by atoms with Gasteiger partial charge in [0.2, 0.25) is 0 Å². The van der Waals surface area contributed by atoms with Crippen LogP contribution in [0, 0.1) is 0 Å². The van der Waals surface area contributed by atoms with E-state index in [-0.39, 0.29) is 6.04 Å². The highest BCUT2D eigenvalue weighted by molar-refractivity contribution is 7.10. The molecule has 2 nitrogen and oxygen atoms in total. The van der Waals surface area contributed by atoms with Crippen molar-refractivity contribution in [2.24, 2.45) is 0 Å². The molecule has 102 valence electrons. The van der Waals surface area contributed by atoms with Gasteiger partial charge in [-0.3, -0.25) is 0 Å². The van der Waals surface area contributed by atoms with Gasteiger partial charge in [0.15, 0.2) is 0 Å². The van der Waals surface area contributed by atoms with Crippen LogP contribution in [0.4, 0.5) is 0 Å². The van der Waals surface area contributed by atoms with Crippen molar-refractivity contribution in [1.82, 2.24) is 5.32 Å². The van der Waals surface area contributed by atoms with E-state index < -0.39 is 6.10 Å². The molecule has 1 aromatic carbocycles. The Morgan fingerprint density at radius 2 is 1.84 bits per heavy atom. The van der Waals surface area contributed by atoms with Crippen LogP contribution in [-0.4, -0.2) is 11.1 Å². The fraction of sp³-hybridized carbons (Fsp3) is 0.375. The molecule has 2 rings (SSSR count). The summed E-state index contributed by atoms with van der Waals surface area (Å²) < 4.78 is 0. The molecule has 0 aliphatic heterocycles. The van der Waals surface area contributed by atoms with E-state index in [9.17, 15) is 5.11 Å². The summed E-state index contributed by atoms with van der Waals surface area (Å²) in [4.78, 5) is 1.33. The van der Waals surface area contributed by atoms with Crippen LogP contribution in [0.2, 0.25) is 0 Å². The first-order chi connectivity index (χ1) is 9.16. The van der Waals surface area contributed by atoms with Crippen molar-refractivity contribution < 1.29 is 5.11 Å². The first kappa shape index (κ1) is 14.3. The lowest BCUT2D eigenvalue weighted by molar-refractivity contribution is 0.152. The molecule has 1 heterocycles. The van der Waals surface area contributed by atoms with E-state index in [4.69, 9.17) is 0 Å². The van der Waals surface area contributed by atoms with Crippen molar-refractivity contribution >= 4 is 11.3 Å². The van der Waals surface area contributed by atoms with Crippen LogP contribution >= 0.6 is 11.3 Å². The maximum atomic E-state index is 10.2. The van der Waals surface area contributed by atoms with Crippen molar-refractivity contribution in [3.8, 4) is 0 Å². The smallest absolute Gasteiger partial charge is 0.0804 e. The van der Waals surface area contributed by atoms with Crippen molar-refractivity contribution in [1.29, 1.82) is 0 Å². The highest BCUT2D eigenvalue weighted by atomic mass is 32.1. The third kappa shape index (κ3) is 4.16. The van der Waals surface area contributed by atoms with Crippen molar-refractivity contribution in [3.05, 3.63) is 58.3 Å². The van der Waals surface area contributed by atoms with Crippen LogP contribution in [0.1, 0.15) is 42.9 Å². The molecular formula is C16H21NOS. The minimum absolute atomic E-state index is 0.271. The molecule has 0 radical (unpaired) electrons. The molecule has 0 saturated heterocycles. The van der Waals surface area contributed by atoms with Crippen LogP contribution in [0.5, 0.6) is 0 Å². The number of nitrogens with one attached hydrogen (secondary N) is 1. The molecule has 1 aromatic heterocycles. The molecule has 0 bridgehead atoms. The third-order valence-corrected chi connectivity index (χ3v) is 4.32. The Bertz CT molecular complexity index is 469. The van der Waals surface area contributed by atoms with Gasteiger partial charge < -0.3 is 10.4 Å². The summed E-state index contributed by atoms with van der Waals surface area (Å²) in [7, 11) is 0. The van der Waals surface area contributed by atoms with Crippen LogP contribution in [0.25, 0.3) is 0 Å². The van der Waals surface area contributed by atoms with Crippen LogP contribution in [0.15, 0.2) is 47.8 Å². The molecule has 19 heavy (non-hydrogen) atoms. The van der Waals surface area contributed by atoms with Gasteiger partial charge in [0.1, 0.15) is 0 Å². The van der Waals surface area contributed by atoms with Gasteiger partial charge in [0.25, 0.3) is 0 Å². The summed E-state index contributed by atoms with van der Waals surface area (Å²) in [6, 6.07) is 14.7. The van der Waals surface area contributed by atoms with Crippen molar-refractivity contribution in [2.45, 2.75) is 38.5 Å². The maximum Gasteiger partial charge on any atom is 0.0804 e. The average molecular weight is 275 g/mol. The second-order valence-electron chi connectivity index (χ2n) is 4.97. The summed E-state index contributed by atoms with van der Waals surface area (Å²) in [6.45, 7) is 4.29. The standard InChI is InChI=1S/C16H21NOS/c1-12(17-13(2)16-9-6-10-19-16)11-15(18)14-7-4-3-5-8-14/h3-10,12-13,15,17-18H,11H2,1-2H3. The third-order valence-electron chi connectivity index (χ3n) is 3.27. The molecule has 3 atom stereocenters. The lowest BCUT2D eigenvalue weighted by Gasteiger charge is -2.22. The Balaban J connectivity index is 1.86. The molecular weight excluding hydrogens is 254 g/mol. The largest absolute Gasteiger partial charge is 0.388 e. The second kappa shape index (κ2) is 6.85. The van der Waals surface area contributed by atoms with Gasteiger partial charge in [-0.1, -0.05) is 36.4 Å². The van der Waals surface area contributed by atoms with Gasteiger partial charge in [-0.15, -0.1) is 11.3 Å². The quantitative estimate of drug-likeness (QED) is 0.837. The zero-order valence-corrected chi connectivity index (χ0v) is 12.2. The van der Waals surface area contributed by atoms with Crippen LogP contribution in [-0.2, 0) is 0 Å². The Hall–Kier alpha value is -1.16. The van der Waals surface area contributed by atoms with Gasteiger partial charge in [-0.25, -0.2) is 0 Å². The van der Waals surface area contributed by atoms with Gasteiger partial charge >= 0.3 is 0 Å². The van der Waals surface area contributed by atoms with E-state index in [1.165, 1.54) is 4.88 Å². The zero-order valence-electron chi connectivity index (χ0n) is 11.4. The monoisotopic (exact) mass is 275 g/mol. The summed E-state index contributed by atoms with van der Waals surface area (Å²) >= 11 is 1.76. The average Bonchev–Trinajstić information content (AvgIpc) is 2.93. The molecule has 3 unspecified atom stereocenters. The van der Waals surface area contributed by atoms with Gasteiger partial charge in [-0.05, 0) is 37.3 Å². The summed E-state index contributed by atoms with van der Waals surface area (Å²) in [5.74, 6) is 0. The van der Waals surface area contributed by atoms with Crippen LogP contribution in [0.3, 0.4) is 0 Å². The van der Waals surface area contributed by atoms with Gasteiger partial charge in [0, 0.05) is 17.0 Å². The number of aliphatic hydroxyl groups excluding tert-OH is 1. The Morgan fingerprint density at radius 3 is 2.47 bits per heavy atom. The molecule has 3 heteroatoms. The van der Waals surface area contributed by atoms with Crippen molar-refractivity contribution in [3.63, 3.8) is 0 Å². The Kier molecular flexibility index (Phi) is 5.14. The van der Waals surface area contributed by atoms with E-state index in [1.807, 2.05) is 30.3 Å². The van der Waals surface area contributed by atoms with Crippen molar-refractivity contribution in [2.75, 3.05) is 0 Å². The Labute approximate surface area is 119 Å². The molecule has 0 amide bonds. The fourth-order valence-electron chi connectivity index (χ4n) is 2.26. The number of benzene rings is 1. The topological polar surface area (TPSA) is 32.3 Å². The Morgan fingerprint density at radius 1 is 1.11 bits per heavy atom. The highest BCUT2D eigenvalue weighted by Crippen LogP contribution is 2.22. The van der Waals surface area contributed by atoms with Gasteiger partial charge in [-0.2, -0.15) is 0 Å². The highest BCUT2D eigenvalue weighted by Gasteiger charge is 2.15. The lowest BCUT2D eigenvalue weighted by atomic mass is 10.0. The second-order valence-corrected chi connectivity index (χ2v) is 5.95.